The first-order valence-electron chi connectivity index (χ1n) is 6.12. The molecular formula is C15H15N3S. The number of hydrogen-bond acceptors (Lipinski definition) is 3. The normalized spacial score (nSPS) is 10.8. The summed E-state index contributed by atoms with van der Waals surface area (Å²) in [5.74, 6) is 0. The number of rotatable bonds is 2. The van der Waals surface area contributed by atoms with Gasteiger partial charge >= 0.3 is 0 Å². The highest BCUT2D eigenvalue weighted by molar-refractivity contribution is 7.13. The Kier molecular flexibility index (Phi) is 2.87. The summed E-state index contributed by atoms with van der Waals surface area (Å²) in [4.78, 5) is 1.10. The molecule has 2 N–H and O–H groups in total. The van der Waals surface area contributed by atoms with Gasteiger partial charge in [-0.2, -0.15) is 5.10 Å². The number of nitrogens with two attached hydrogens (primary N) is 1. The van der Waals surface area contributed by atoms with E-state index in [0.29, 0.717) is 5.69 Å². The molecule has 0 saturated carbocycles. The van der Waals surface area contributed by atoms with Gasteiger partial charge in [0.25, 0.3) is 0 Å². The number of aromatic nitrogens is 2. The molecule has 1 aromatic carbocycles. The zero-order valence-corrected chi connectivity index (χ0v) is 11.7. The Hall–Kier alpha value is -2.07. The van der Waals surface area contributed by atoms with Gasteiger partial charge in [0.15, 0.2) is 0 Å². The van der Waals surface area contributed by atoms with Gasteiger partial charge in [0.1, 0.15) is 5.69 Å². The molecule has 4 heteroatoms. The van der Waals surface area contributed by atoms with Crippen molar-refractivity contribution >= 4 is 17.0 Å². The summed E-state index contributed by atoms with van der Waals surface area (Å²) < 4.78 is 1.86. The molecule has 2 heterocycles. The van der Waals surface area contributed by atoms with Gasteiger partial charge in [0.05, 0.1) is 22.4 Å². The van der Waals surface area contributed by atoms with E-state index in [1.165, 1.54) is 11.1 Å². The minimum absolute atomic E-state index is 0.711. The van der Waals surface area contributed by atoms with Crippen LogP contribution in [0.25, 0.3) is 16.3 Å². The minimum atomic E-state index is 0.711. The van der Waals surface area contributed by atoms with E-state index in [2.05, 4.69) is 37.1 Å². The van der Waals surface area contributed by atoms with Crippen molar-refractivity contribution in [2.45, 2.75) is 13.8 Å². The van der Waals surface area contributed by atoms with Crippen LogP contribution in [0, 0.1) is 13.8 Å². The van der Waals surface area contributed by atoms with Crippen LogP contribution in [0.1, 0.15) is 11.1 Å². The Labute approximate surface area is 116 Å². The molecule has 96 valence electrons. The molecule has 3 rings (SSSR count). The molecule has 0 bridgehead atoms. The van der Waals surface area contributed by atoms with Crippen molar-refractivity contribution in [1.82, 2.24) is 9.78 Å². The lowest BCUT2D eigenvalue weighted by Gasteiger charge is -2.06. The monoisotopic (exact) mass is 269 g/mol. The van der Waals surface area contributed by atoms with Gasteiger partial charge in [0.2, 0.25) is 0 Å². The van der Waals surface area contributed by atoms with Crippen LogP contribution in [0.4, 0.5) is 5.69 Å². The van der Waals surface area contributed by atoms with Crippen LogP contribution >= 0.6 is 11.3 Å². The predicted molar refractivity (Wildman–Crippen MR) is 80.8 cm³/mol. The zero-order valence-electron chi connectivity index (χ0n) is 10.9. The molecular weight excluding hydrogens is 254 g/mol. The summed E-state index contributed by atoms with van der Waals surface area (Å²) in [6.07, 6.45) is 1.88. The van der Waals surface area contributed by atoms with E-state index in [1.54, 1.807) is 11.3 Å². The molecule has 0 fully saturated rings. The van der Waals surface area contributed by atoms with Crippen LogP contribution in [0.15, 0.2) is 41.9 Å². The van der Waals surface area contributed by atoms with Crippen molar-refractivity contribution in [3.63, 3.8) is 0 Å². The first kappa shape index (κ1) is 12.0. The summed E-state index contributed by atoms with van der Waals surface area (Å²) >= 11 is 1.65. The van der Waals surface area contributed by atoms with Gasteiger partial charge < -0.3 is 5.73 Å². The Morgan fingerprint density at radius 3 is 2.74 bits per heavy atom. The second kappa shape index (κ2) is 4.55. The summed E-state index contributed by atoms with van der Waals surface area (Å²) in [5.41, 5.74) is 11.2. The van der Waals surface area contributed by atoms with E-state index in [1.807, 2.05) is 28.4 Å². The van der Waals surface area contributed by atoms with Crippen LogP contribution in [0.2, 0.25) is 0 Å². The first-order valence-corrected chi connectivity index (χ1v) is 7.00. The summed E-state index contributed by atoms with van der Waals surface area (Å²) in [7, 11) is 0. The molecule has 0 aliphatic heterocycles. The SMILES string of the molecule is Cc1ccc(-n2cc(N)c(-c3cccs3)n2)c(C)c1. The molecule has 0 atom stereocenters. The molecule has 19 heavy (non-hydrogen) atoms. The lowest BCUT2D eigenvalue weighted by molar-refractivity contribution is 0.876. The molecule has 0 saturated heterocycles. The summed E-state index contributed by atoms with van der Waals surface area (Å²) in [6.45, 7) is 4.18. The van der Waals surface area contributed by atoms with Crippen molar-refractivity contribution < 1.29 is 0 Å². The molecule has 0 unspecified atom stereocenters. The largest absolute Gasteiger partial charge is 0.396 e. The third-order valence-electron chi connectivity index (χ3n) is 3.10. The standard InChI is InChI=1S/C15H15N3S/c1-10-5-6-13(11(2)8-10)18-9-12(16)15(17-18)14-4-3-7-19-14/h3-9H,16H2,1-2H3. The average molecular weight is 269 g/mol. The van der Waals surface area contributed by atoms with E-state index < -0.39 is 0 Å². The van der Waals surface area contributed by atoms with Crippen molar-refractivity contribution in [2.75, 3.05) is 5.73 Å². The number of aryl methyl sites for hydroxylation is 2. The van der Waals surface area contributed by atoms with Gasteiger partial charge in [0, 0.05) is 0 Å². The quantitative estimate of drug-likeness (QED) is 0.769. The van der Waals surface area contributed by atoms with Crippen LogP contribution in [-0.2, 0) is 0 Å². The van der Waals surface area contributed by atoms with Crippen molar-refractivity contribution in [3.8, 4) is 16.3 Å². The molecule has 0 aliphatic rings. The van der Waals surface area contributed by atoms with Crippen LogP contribution < -0.4 is 5.73 Å². The molecule has 0 radical (unpaired) electrons. The zero-order chi connectivity index (χ0) is 13.4. The van der Waals surface area contributed by atoms with Crippen molar-refractivity contribution in [1.29, 1.82) is 0 Å². The van der Waals surface area contributed by atoms with Crippen LogP contribution in [0.3, 0.4) is 0 Å². The van der Waals surface area contributed by atoms with Gasteiger partial charge in [-0.1, -0.05) is 23.8 Å². The Morgan fingerprint density at radius 2 is 2.05 bits per heavy atom. The number of thiophene rings is 1. The van der Waals surface area contributed by atoms with E-state index in [4.69, 9.17) is 5.73 Å². The fourth-order valence-electron chi connectivity index (χ4n) is 2.18. The van der Waals surface area contributed by atoms with Crippen LogP contribution in [-0.4, -0.2) is 9.78 Å². The lowest BCUT2D eigenvalue weighted by Crippen LogP contribution is -1.98. The Balaban J connectivity index is 2.10. The van der Waals surface area contributed by atoms with E-state index in [9.17, 15) is 0 Å². The number of anilines is 1. The topological polar surface area (TPSA) is 43.8 Å². The highest BCUT2D eigenvalue weighted by Crippen LogP contribution is 2.29. The third-order valence-corrected chi connectivity index (χ3v) is 3.97. The third kappa shape index (κ3) is 2.15. The van der Waals surface area contributed by atoms with E-state index in [0.717, 1.165) is 16.3 Å². The maximum Gasteiger partial charge on any atom is 0.126 e. The number of nitrogens with zero attached hydrogens (tertiary/aromatic N) is 2. The number of hydrogen-bond donors (Lipinski definition) is 1. The summed E-state index contributed by atoms with van der Waals surface area (Å²) in [5, 5.41) is 6.65. The van der Waals surface area contributed by atoms with Gasteiger partial charge in [-0.3, -0.25) is 0 Å². The highest BCUT2D eigenvalue weighted by Gasteiger charge is 2.11. The Morgan fingerprint density at radius 1 is 1.21 bits per heavy atom. The second-order valence-electron chi connectivity index (χ2n) is 4.64. The molecule has 2 aromatic heterocycles. The molecule has 0 spiro atoms. The van der Waals surface area contributed by atoms with Gasteiger partial charge in [-0.05, 0) is 36.9 Å². The fourth-order valence-corrected chi connectivity index (χ4v) is 2.91. The first-order chi connectivity index (χ1) is 9.15. The second-order valence-corrected chi connectivity index (χ2v) is 5.59. The fraction of sp³-hybridized carbons (Fsp3) is 0.133. The lowest BCUT2D eigenvalue weighted by atomic mass is 10.1. The molecule has 0 amide bonds. The van der Waals surface area contributed by atoms with E-state index in [-0.39, 0.29) is 0 Å². The molecule has 3 aromatic rings. The number of nitrogen functional groups attached to an aromatic ring is 1. The van der Waals surface area contributed by atoms with Crippen molar-refractivity contribution in [3.05, 3.63) is 53.0 Å². The highest BCUT2D eigenvalue weighted by atomic mass is 32.1. The summed E-state index contributed by atoms with van der Waals surface area (Å²) in [6, 6.07) is 10.4. The van der Waals surface area contributed by atoms with Gasteiger partial charge in [-0.15, -0.1) is 11.3 Å². The average Bonchev–Trinajstić information content (AvgIpc) is 2.98. The maximum absolute atomic E-state index is 6.07. The van der Waals surface area contributed by atoms with E-state index >= 15 is 0 Å². The van der Waals surface area contributed by atoms with Gasteiger partial charge in [-0.25, -0.2) is 4.68 Å². The Bertz CT molecular complexity index is 711. The maximum atomic E-state index is 6.07. The van der Waals surface area contributed by atoms with Crippen molar-refractivity contribution in [2.24, 2.45) is 0 Å². The smallest absolute Gasteiger partial charge is 0.126 e. The minimum Gasteiger partial charge on any atom is -0.396 e. The van der Waals surface area contributed by atoms with Crippen LogP contribution in [0.5, 0.6) is 0 Å². The molecule has 0 aliphatic carbocycles. The molecule has 3 nitrogen and oxygen atoms in total. The predicted octanol–water partition coefficient (Wildman–Crippen LogP) is 3.80. The number of benzene rings is 1.